The second-order valence-electron chi connectivity index (χ2n) is 5.40. The highest BCUT2D eigenvalue weighted by atomic mass is 32.1. The molecule has 1 aliphatic rings. The Morgan fingerprint density at radius 3 is 2.60 bits per heavy atom. The summed E-state index contributed by atoms with van der Waals surface area (Å²) >= 11 is 1.57. The number of rotatable bonds is 4. The highest BCUT2D eigenvalue weighted by Gasteiger charge is 2.43. The molecule has 0 atom stereocenters. The molecule has 1 aromatic heterocycles. The molecule has 3 nitrogen and oxygen atoms in total. The number of aliphatic carboxylic acids is 1. The molecule has 4 heteroatoms. The minimum Gasteiger partial charge on any atom is -0.481 e. The van der Waals surface area contributed by atoms with Crippen molar-refractivity contribution in [3.8, 4) is 0 Å². The van der Waals surface area contributed by atoms with Crippen LogP contribution >= 0.6 is 11.3 Å². The molecule has 0 saturated heterocycles. The number of hydrogen-bond donors (Lipinski definition) is 1. The standard InChI is InChI=1S/C16H17NO2S/c1-11-13(10-14(18)19)20-15(17-11)16(8-5-9-16)12-6-3-2-4-7-12/h2-4,6-7H,5,8-10H2,1H3,(H,18,19). The second kappa shape index (κ2) is 5.02. The molecule has 1 heterocycles. The van der Waals surface area contributed by atoms with Gasteiger partial charge in [-0.25, -0.2) is 4.98 Å². The summed E-state index contributed by atoms with van der Waals surface area (Å²) in [5, 5.41) is 10.1. The third kappa shape index (κ3) is 2.14. The Bertz CT molecular complexity index is 629. The van der Waals surface area contributed by atoms with Crippen LogP contribution in [0, 0.1) is 6.92 Å². The van der Waals surface area contributed by atoms with Gasteiger partial charge in [-0.2, -0.15) is 0 Å². The van der Waals surface area contributed by atoms with E-state index >= 15 is 0 Å². The van der Waals surface area contributed by atoms with Crippen molar-refractivity contribution in [3.05, 3.63) is 51.5 Å². The summed E-state index contributed by atoms with van der Waals surface area (Å²) < 4.78 is 0. The molecule has 1 saturated carbocycles. The van der Waals surface area contributed by atoms with Crippen molar-refractivity contribution >= 4 is 17.3 Å². The summed E-state index contributed by atoms with van der Waals surface area (Å²) in [6.07, 6.45) is 3.50. The number of carboxylic acid groups (broad SMARTS) is 1. The number of carboxylic acids is 1. The molecule has 1 aromatic carbocycles. The number of benzene rings is 1. The lowest BCUT2D eigenvalue weighted by molar-refractivity contribution is -0.136. The molecule has 0 unspecified atom stereocenters. The fourth-order valence-corrected chi connectivity index (χ4v) is 4.17. The van der Waals surface area contributed by atoms with Crippen molar-refractivity contribution < 1.29 is 9.90 Å². The third-order valence-electron chi connectivity index (χ3n) is 4.15. The van der Waals surface area contributed by atoms with E-state index in [2.05, 4.69) is 29.2 Å². The zero-order valence-electron chi connectivity index (χ0n) is 11.4. The van der Waals surface area contributed by atoms with Gasteiger partial charge >= 0.3 is 5.97 Å². The fourth-order valence-electron chi connectivity index (χ4n) is 2.85. The van der Waals surface area contributed by atoms with Crippen LogP contribution in [0.25, 0.3) is 0 Å². The predicted octanol–water partition coefficient (Wildman–Crippen LogP) is 3.55. The van der Waals surface area contributed by atoms with Crippen LogP contribution in [0.4, 0.5) is 0 Å². The monoisotopic (exact) mass is 287 g/mol. The molecule has 0 radical (unpaired) electrons. The molecule has 1 fully saturated rings. The Morgan fingerprint density at radius 2 is 2.05 bits per heavy atom. The number of aryl methyl sites for hydroxylation is 1. The van der Waals surface area contributed by atoms with Crippen LogP contribution in [0.3, 0.4) is 0 Å². The average molecular weight is 287 g/mol. The van der Waals surface area contributed by atoms with Crippen LogP contribution in [0.5, 0.6) is 0 Å². The van der Waals surface area contributed by atoms with Gasteiger partial charge in [0, 0.05) is 10.3 Å². The number of carbonyl (C=O) groups is 1. The average Bonchev–Trinajstić information content (AvgIpc) is 2.70. The Kier molecular flexibility index (Phi) is 3.34. The Morgan fingerprint density at radius 1 is 1.35 bits per heavy atom. The molecule has 20 heavy (non-hydrogen) atoms. The van der Waals surface area contributed by atoms with Crippen molar-refractivity contribution in [1.29, 1.82) is 0 Å². The van der Waals surface area contributed by atoms with Crippen LogP contribution in [-0.2, 0) is 16.6 Å². The molecule has 104 valence electrons. The van der Waals surface area contributed by atoms with E-state index in [0.717, 1.165) is 28.4 Å². The van der Waals surface area contributed by atoms with Crippen LogP contribution < -0.4 is 0 Å². The molecular weight excluding hydrogens is 270 g/mol. The summed E-state index contributed by atoms with van der Waals surface area (Å²) in [5.41, 5.74) is 2.20. The summed E-state index contributed by atoms with van der Waals surface area (Å²) in [5.74, 6) is -0.786. The van der Waals surface area contributed by atoms with Crippen LogP contribution in [0.2, 0.25) is 0 Å². The highest BCUT2D eigenvalue weighted by molar-refractivity contribution is 7.12. The fraction of sp³-hybridized carbons (Fsp3) is 0.375. The first-order valence-corrected chi connectivity index (χ1v) is 7.67. The number of aromatic nitrogens is 1. The third-order valence-corrected chi connectivity index (χ3v) is 5.51. The summed E-state index contributed by atoms with van der Waals surface area (Å²) in [7, 11) is 0. The predicted molar refractivity (Wildman–Crippen MR) is 79.3 cm³/mol. The van der Waals surface area contributed by atoms with Crippen LogP contribution in [-0.4, -0.2) is 16.1 Å². The van der Waals surface area contributed by atoms with E-state index in [9.17, 15) is 4.79 Å². The smallest absolute Gasteiger partial charge is 0.308 e. The van der Waals surface area contributed by atoms with E-state index in [1.54, 1.807) is 11.3 Å². The molecule has 0 bridgehead atoms. The van der Waals surface area contributed by atoms with E-state index in [1.165, 1.54) is 12.0 Å². The lowest BCUT2D eigenvalue weighted by Gasteiger charge is -2.40. The van der Waals surface area contributed by atoms with Gasteiger partial charge in [-0.15, -0.1) is 11.3 Å². The normalized spacial score (nSPS) is 16.6. The SMILES string of the molecule is Cc1nc(C2(c3ccccc3)CCC2)sc1CC(=O)O. The van der Waals surface area contributed by atoms with Gasteiger partial charge in [0.25, 0.3) is 0 Å². The van der Waals surface area contributed by atoms with Gasteiger partial charge in [0.15, 0.2) is 0 Å². The van der Waals surface area contributed by atoms with E-state index in [4.69, 9.17) is 5.11 Å². The lowest BCUT2D eigenvalue weighted by Crippen LogP contribution is -2.35. The molecular formula is C16H17NO2S. The zero-order chi connectivity index (χ0) is 14.2. The summed E-state index contributed by atoms with van der Waals surface area (Å²) in [6.45, 7) is 1.91. The summed E-state index contributed by atoms with van der Waals surface area (Å²) in [4.78, 5) is 16.5. The lowest BCUT2D eigenvalue weighted by atomic mass is 9.65. The van der Waals surface area contributed by atoms with Gasteiger partial charge < -0.3 is 5.11 Å². The zero-order valence-corrected chi connectivity index (χ0v) is 12.2. The second-order valence-corrected chi connectivity index (χ2v) is 6.48. The van der Waals surface area contributed by atoms with Gasteiger partial charge in [0.2, 0.25) is 0 Å². The van der Waals surface area contributed by atoms with Crippen LogP contribution in [0.15, 0.2) is 30.3 Å². The quantitative estimate of drug-likeness (QED) is 0.935. The van der Waals surface area contributed by atoms with Gasteiger partial charge in [0.05, 0.1) is 12.1 Å². The first-order chi connectivity index (χ1) is 9.62. The minimum atomic E-state index is -0.786. The van der Waals surface area contributed by atoms with Gasteiger partial charge in [-0.1, -0.05) is 36.8 Å². The Labute approximate surface area is 122 Å². The summed E-state index contributed by atoms with van der Waals surface area (Å²) in [6, 6.07) is 10.5. The maximum atomic E-state index is 10.9. The molecule has 1 N–H and O–H groups in total. The van der Waals surface area contributed by atoms with E-state index in [-0.39, 0.29) is 11.8 Å². The minimum absolute atomic E-state index is 0.0213. The first kappa shape index (κ1) is 13.3. The molecule has 0 amide bonds. The van der Waals surface area contributed by atoms with Crippen LogP contribution in [0.1, 0.15) is 40.4 Å². The highest BCUT2D eigenvalue weighted by Crippen LogP contribution is 2.50. The maximum Gasteiger partial charge on any atom is 0.308 e. The Hall–Kier alpha value is -1.68. The van der Waals surface area contributed by atoms with Gasteiger partial charge in [0.1, 0.15) is 5.01 Å². The first-order valence-electron chi connectivity index (χ1n) is 6.86. The van der Waals surface area contributed by atoms with Crippen molar-refractivity contribution in [1.82, 2.24) is 4.98 Å². The van der Waals surface area contributed by atoms with Crippen molar-refractivity contribution in [2.75, 3.05) is 0 Å². The topological polar surface area (TPSA) is 50.2 Å². The maximum absolute atomic E-state index is 10.9. The van der Waals surface area contributed by atoms with Gasteiger partial charge in [-0.3, -0.25) is 4.79 Å². The molecule has 1 aliphatic carbocycles. The molecule has 3 rings (SSSR count). The Balaban J connectivity index is 2.00. The molecule has 0 aliphatic heterocycles. The molecule has 2 aromatic rings. The largest absolute Gasteiger partial charge is 0.481 e. The van der Waals surface area contributed by atoms with E-state index in [1.807, 2.05) is 13.0 Å². The molecule has 0 spiro atoms. The van der Waals surface area contributed by atoms with Crippen molar-refractivity contribution in [2.45, 2.75) is 38.0 Å². The number of hydrogen-bond acceptors (Lipinski definition) is 3. The van der Waals surface area contributed by atoms with Crippen molar-refractivity contribution in [3.63, 3.8) is 0 Å². The van der Waals surface area contributed by atoms with E-state index in [0.29, 0.717) is 0 Å². The van der Waals surface area contributed by atoms with Crippen molar-refractivity contribution in [2.24, 2.45) is 0 Å². The number of thiazole rings is 1. The number of nitrogens with zero attached hydrogens (tertiary/aromatic N) is 1. The van der Waals surface area contributed by atoms with Gasteiger partial charge in [-0.05, 0) is 25.3 Å². The van der Waals surface area contributed by atoms with E-state index < -0.39 is 5.97 Å².